The Labute approximate surface area is 152 Å². The molecule has 2 aromatic rings. The zero-order chi connectivity index (χ0) is 18.2. The van der Waals surface area contributed by atoms with E-state index in [-0.39, 0.29) is 24.8 Å². The number of nitrogens with one attached hydrogen (secondary N) is 1. The van der Waals surface area contributed by atoms with E-state index in [0.29, 0.717) is 28.6 Å². The zero-order valence-electron chi connectivity index (χ0n) is 14.4. The third-order valence-electron chi connectivity index (χ3n) is 3.53. The molecular weight excluding hydrogens is 343 g/mol. The van der Waals surface area contributed by atoms with Crippen LogP contribution in [0.4, 0.5) is 10.1 Å². The molecule has 0 aliphatic carbocycles. The first-order valence-electron chi connectivity index (χ1n) is 8.14. The van der Waals surface area contributed by atoms with E-state index in [0.717, 1.165) is 6.42 Å². The van der Waals surface area contributed by atoms with Crippen molar-refractivity contribution in [1.82, 2.24) is 4.90 Å². The average Bonchev–Trinajstić information content (AvgIpc) is 2.57. The molecule has 25 heavy (non-hydrogen) atoms. The number of carbonyl (C=O) groups is 1. The monoisotopic (exact) mass is 364 g/mol. The van der Waals surface area contributed by atoms with Crippen LogP contribution in [-0.2, 0) is 11.3 Å². The van der Waals surface area contributed by atoms with E-state index in [1.807, 2.05) is 25.1 Å². The molecule has 2 rings (SSSR count). The van der Waals surface area contributed by atoms with Crippen molar-refractivity contribution in [3.8, 4) is 5.75 Å². The van der Waals surface area contributed by atoms with Gasteiger partial charge in [-0.15, -0.1) is 0 Å². The molecule has 0 saturated carbocycles. The third kappa shape index (κ3) is 5.73. The zero-order valence-corrected chi connectivity index (χ0v) is 15.1. The van der Waals surface area contributed by atoms with Crippen LogP contribution in [0, 0.1) is 5.82 Å². The van der Waals surface area contributed by atoms with Crippen LogP contribution in [0.3, 0.4) is 0 Å². The Hall–Kier alpha value is -2.11. The summed E-state index contributed by atoms with van der Waals surface area (Å²) in [6.07, 6.45) is 0.883. The summed E-state index contributed by atoms with van der Waals surface area (Å²) >= 11 is 6.03. The van der Waals surface area contributed by atoms with Crippen LogP contribution >= 0.6 is 11.6 Å². The molecule has 2 aromatic carbocycles. The SMILES string of the molecule is CCCOc1ccccc1NC(=O)CN(C)Cc1c(F)cccc1Cl. The highest BCUT2D eigenvalue weighted by atomic mass is 35.5. The number of benzene rings is 2. The second-order valence-electron chi connectivity index (χ2n) is 5.77. The van der Waals surface area contributed by atoms with Crippen LogP contribution in [0.5, 0.6) is 5.75 Å². The average molecular weight is 365 g/mol. The lowest BCUT2D eigenvalue weighted by atomic mass is 10.2. The second-order valence-corrected chi connectivity index (χ2v) is 6.17. The van der Waals surface area contributed by atoms with Crippen molar-refractivity contribution in [3.05, 3.63) is 58.9 Å². The normalized spacial score (nSPS) is 10.8. The number of rotatable bonds is 8. The Morgan fingerprint density at radius 3 is 2.72 bits per heavy atom. The maximum absolute atomic E-state index is 13.8. The lowest BCUT2D eigenvalue weighted by molar-refractivity contribution is -0.117. The first-order valence-corrected chi connectivity index (χ1v) is 8.52. The minimum Gasteiger partial charge on any atom is -0.491 e. The minimum absolute atomic E-state index is 0.104. The minimum atomic E-state index is -0.377. The Morgan fingerprint density at radius 1 is 1.24 bits per heavy atom. The first-order chi connectivity index (χ1) is 12.0. The highest BCUT2D eigenvalue weighted by Crippen LogP contribution is 2.24. The van der Waals surface area contributed by atoms with Gasteiger partial charge in [0.2, 0.25) is 5.91 Å². The second kappa shape index (κ2) is 9.39. The molecule has 0 bridgehead atoms. The number of para-hydroxylation sites is 2. The van der Waals surface area contributed by atoms with Gasteiger partial charge in [0.1, 0.15) is 11.6 Å². The van der Waals surface area contributed by atoms with E-state index >= 15 is 0 Å². The maximum atomic E-state index is 13.8. The van der Waals surface area contributed by atoms with Crippen molar-refractivity contribution < 1.29 is 13.9 Å². The van der Waals surface area contributed by atoms with E-state index in [4.69, 9.17) is 16.3 Å². The predicted octanol–water partition coefficient (Wildman–Crippen LogP) is 4.34. The predicted molar refractivity (Wildman–Crippen MR) is 98.6 cm³/mol. The summed E-state index contributed by atoms with van der Waals surface area (Å²) in [7, 11) is 1.74. The van der Waals surface area contributed by atoms with Crippen LogP contribution in [0.25, 0.3) is 0 Å². The summed E-state index contributed by atoms with van der Waals surface area (Å²) in [4.78, 5) is 14.0. The Balaban J connectivity index is 1.96. The van der Waals surface area contributed by atoms with E-state index in [9.17, 15) is 9.18 Å². The Morgan fingerprint density at radius 2 is 2.00 bits per heavy atom. The molecule has 0 fully saturated rings. The summed E-state index contributed by atoms with van der Waals surface area (Å²) in [5.74, 6) is 0.0538. The molecule has 6 heteroatoms. The maximum Gasteiger partial charge on any atom is 0.238 e. The van der Waals surface area contributed by atoms with Gasteiger partial charge in [-0.2, -0.15) is 0 Å². The van der Waals surface area contributed by atoms with E-state index in [1.54, 1.807) is 30.1 Å². The summed E-state index contributed by atoms with van der Waals surface area (Å²) in [6, 6.07) is 11.8. The molecule has 0 heterocycles. The molecular formula is C19H22ClFN2O2. The first kappa shape index (κ1) is 19.2. The van der Waals surface area contributed by atoms with Crippen LogP contribution in [0.2, 0.25) is 5.02 Å². The molecule has 0 radical (unpaired) electrons. The van der Waals surface area contributed by atoms with Crippen molar-refractivity contribution in [2.75, 3.05) is 25.5 Å². The molecule has 4 nitrogen and oxygen atoms in total. The number of hydrogen-bond acceptors (Lipinski definition) is 3. The number of halogens is 2. The highest BCUT2D eigenvalue weighted by Gasteiger charge is 2.13. The number of amides is 1. The Kier molecular flexibility index (Phi) is 7.22. The molecule has 1 N–H and O–H groups in total. The van der Waals surface area contributed by atoms with Crippen LogP contribution in [0.15, 0.2) is 42.5 Å². The lowest BCUT2D eigenvalue weighted by Gasteiger charge is -2.18. The van der Waals surface area contributed by atoms with Crippen molar-refractivity contribution in [3.63, 3.8) is 0 Å². The fourth-order valence-corrected chi connectivity index (χ4v) is 2.57. The number of anilines is 1. The van der Waals surface area contributed by atoms with Gasteiger partial charge >= 0.3 is 0 Å². The van der Waals surface area contributed by atoms with Gasteiger partial charge < -0.3 is 10.1 Å². The van der Waals surface area contributed by atoms with Gasteiger partial charge in [0, 0.05) is 17.1 Å². The quantitative estimate of drug-likeness (QED) is 0.757. The topological polar surface area (TPSA) is 41.6 Å². The molecule has 0 aliphatic rings. The van der Waals surface area contributed by atoms with E-state index < -0.39 is 0 Å². The van der Waals surface area contributed by atoms with Crippen molar-refractivity contribution in [2.24, 2.45) is 0 Å². The number of likely N-dealkylation sites (N-methyl/N-ethyl adjacent to an activating group) is 1. The van der Waals surface area contributed by atoms with Crippen LogP contribution in [0.1, 0.15) is 18.9 Å². The van der Waals surface area contributed by atoms with Gasteiger partial charge in [0.05, 0.1) is 18.8 Å². The smallest absolute Gasteiger partial charge is 0.238 e. The van der Waals surface area contributed by atoms with Crippen molar-refractivity contribution in [2.45, 2.75) is 19.9 Å². The van der Waals surface area contributed by atoms with Gasteiger partial charge in [-0.3, -0.25) is 9.69 Å². The van der Waals surface area contributed by atoms with E-state index in [2.05, 4.69) is 5.32 Å². The summed E-state index contributed by atoms with van der Waals surface area (Å²) in [5.41, 5.74) is 1.00. The number of carbonyl (C=O) groups excluding carboxylic acids is 1. The molecule has 0 unspecified atom stereocenters. The molecule has 0 aliphatic heterocycles. The van der Waals surface area contributed by atoms with Crippen LogP contribution < -0.4 is 10.1 Å². The van der Waals surface area contributed by atoms with Crippen molar-refractivity contribution in [1.29, 1.82) is 0 Å². The molecule has 0 atom stereocenters. The lowest BCUT2D eigenvalue weighted by Crippen LogP contribution is -2.30. The fraction of sp³-hybridized carbons (Fsp3) is 0.316. The van der Waals surface area contributed by atoms with Gasteiger partial charge in [-0.1, -0.05) is 36.7 Å². The molecule has 0 saturated heterocycles. The fourth-order valence-electron chi connectivity index (χ4n) is 2.35. The number of ether oxygens (including phenoxy) is 1. The van der Waals surface area contributed by atoms with E-state index in [1.165, 1.54) is 6.07 Å². The largest absolute Gasteiger partial charge is 0.491 e. The molecule has 0 spiro atoms. The third-order valence-corrected chi connectivity index (χ3v) is 3.88. The van der Waals surface area contributed by atoms with Gasteiger partial charge in [-0.05, 0) is 37.7 Å². The van der Waals surface area contributed by atoms with Gasteiger partial charge in [-0.25, -0.2) is 4.39 Å². The Bertz CT molecular complexity index is 704. The summed E-state index contributed by atoms with van der Waals surface area (Å²) in [6.45, 7) is 2.95. The van der Waals surface area contributed by atoms with Gasteiger partial charge in [0.25, 0.3) is 0 Å². The standard InChI is InChI=1S/C19H22ClFN2O2/c1-3-11-25-18-10-5-4-9-17(18)22-19(24)13-23(2)12-14-15(20)7-6-8-16(14)21/h4-10H,3,11-13H2,1-2H3,(H,22,24). The highest BCUT2D eigenvalue weighted by molar-refractivity contribution is 6.31. The number of nitrogens with zero attached hydrogens (tertiary/aromatic N) is 1. The number of hydrogen-bond donors (Lipinski definition) is 1. The molecule has 1 amide bonds. The summed E-state index contributed by atoms with van der Waals surface area (Å²) < 4.78 is 19.5. The van der Waals surface area contributed by atoms with Crippen molar-refractivity contribution >= 4 is 23.2 Å². The van der Waals surface area contributed by atoms with Crippen LogP contribution in [-0.4, -0.2) is 31.0 Å². The molecule has 134 valence electrons. The summed E-state index contributed by atoms with van der Waals surface area (Å²) in [5, 5.41) is 3.19. The van der Waals surface area contributed by atoms with Gasteiger partial charge in [0.15, 0.2) is 0 Å². The molecule has 0 aromatic heterocycles.